The fourth-order valence-electron chi connectivity index (χ4n) is 1.69. The first kappa shape index (κ1) is 13.0. The van der Waals surface area contributed by atoms with Gasteiger partial charge in [-0.15, -0.1) is 0 Å². The van der Waals surface area contributed by atoms with Crippen LogP contribution in [0.5, 0.6) is 0 Å². The minimum Gasteiger partial charge on any atom is -0.393 e. The second-order valence-electron chi connectivity index (χ2n) is 5.15. The maximum Gasteiger partial charge on any atom is 0.0566 e. The zero-order chi connectivity index (χ0) is 10.4. The summed E-state index contributed by atoms with van der Waals surface area (Å²) in [5.74, 6) is 1.86. The molecule has 2 unspecified atom stereocenters. The highest BCUT2D eigenvalue weighted by atomic mass is 16.3. The van der Waals surface area contributed by atoms with E-state index < -0.39 is 0 Å². The molecule has 0 aliphatic heterocycles. The van der Waals surface area contributed by atoms with E-state index in [9.17, 15) is 5.11 Å². The van der Waals surface area contributed by atoms with Gasteiger partial charge in [-0.2, -0.15) is 0 Å². The lowest BCUT2D eigenvalue weighted by molar-refractivity contribution is 0.0906. The monoisotopic (exact) mass is 186 g/mol. The maximum absolute atomic E-state index is 9.82. The molecule has 1 nitrogen and oxygen atoms in total. The first-order chi connectivity index (χ1) is 5.93. The molecule has 0 aliphatic carbocycles. The van der Waals surface area contributed by atoms with Crippen LogP contribution in [0.25, 0.3) is 0 Å². The first-order valence-electron chi connectivity index (χ1n) is 5.61. The van der Waals surface area contributed by atoms with Gasteiger partial charge in [0.25, 0.3) is 0 Å². The van der Waals surface area contributed by atoms with E-state index >= 15 is 0 Å². The fraction of sp³-hybridized carbons (Fsp3) is 1.00. The number of aliphatic hydroxyl groups is 1. The predicted molar refractivity (Wildman–Crippen MR) is 58.7 cm³/mol. The van der Waals surface area contributed by atoms with Gasteiger partial charge in [0, 0.05) is 0 Å². The molecule has 1 N–H and O–H groups in total. The molecule has 0 bridgehead atoms. The van der Waals surface area contributed by atoms with Crippen molar-refractivity contribution in [1.29, 1.82) is 0 Å². The third kappa shape index (κ3) is 7.06. The third-order valence-corrected chi connectivity index (χ3v) is 2.54. The predicted octanol–water partition coefficient (Wildman–Crippen LogP) is 3.47. The molecule has 0 heterocycles. The summed E-state index contributed by atoms with van der Waals surface area (Å²) in [4.78, 5) is 0. The van der Waals surface area contributed by atoms with Crippen molar-refractivity contribution in [3.8, 4) is 0 Å². The van der Waals surface area contributed by atoms with Crippen molar-refractivity contribution >= 4 is 0 Å². The van der Waals surface area contributed by atoms with E-state index in [1.807, 2.05) is 0 Å². The second kappa shape index (κ2) is 6.42. The lowest BCUT2D eigenvalue weighted by Gasteiger charge is -2.21. The van der Waals surface area contributed by atoms with E-state index in [1.54, 1.807) is 0 Å². The molecule has 0 saturated carbocycles. The standard InChI is InChI=1S/C12H26O/c1-9(2)6-7-12(13)11(5)8-10(3)4/h9-13H,6-8H2,1-5H3. The highest BCUT2D eigenvalue weighted by Gasteiger charge is 2.15. The molecular formula is C12H26O. The molecule has 0 saturated heterocycles. The molecule has 0 rings (SSSR count). The van der Waals surface area contributed by atoms with E-state index in [1.165, 1.54) is 0 Å². The van der Waals surface area contributed by atoms with Crippen molar-refractivity contribution < 1.29 is 5.11 Å². The molecular weight excluding hydrogens is 160 g/mol. The van der Waals surface area contributed by atoms with Crippen LogP contribution < -0.4 is 0 Å². The van der Waals surface area contributed by atoms with Gasteiger partial charge in [-0.25, -0.2) is 0 Å². The van der Waals surface area contributed by atoms with Crippen molar-refractivity contribution in [2.45, 2.75) is 60.0 Å². The summed E-state index contributed by atoms with van der Waals surface area (Å²) in [5, 5.41) is 9.82. The van der Waals surface area contributed by atoms with Gasteiger partial charge < -0.3 is 5.11 Å². The van der Waals surface area contributed by atoms with Crippen LogP contribution in [0.15, 0.2) is 0 Å². The zero-order valence-corrected chi connectivity index (χ0v) is 9.88. The van der Waals surface area contributed by atoms with Gasteiger partial charge in [-0.3, -0.25) is 0 Å². The largest absolute Gasteiger partial charge is 0.393 e. The van der Waals surface area contributed by atoms with E-state index in [4.69, 9.17) is 0 Å². The van der Waals surface area contributed by atoms with Crippen LogP contribution in [0, 0.1) is 17.8 Å². The molecule has 0 amide bonds. The number of rotatable bonds is 6. The van der Waals surface area contributed by atoms with Gasteiger partial charge in [0.1, 0.15) is 0 Å². The Morgan fingerprint density at radius 1 is 0.846 bits per heavy atom. The van der Waals surface area contributed by atoms with Crippen LogP contribution in [0.4, 0.5) is 0 Å². The summed E-state index contributed by atoms with van der Waals surface area (Å²) in [5.41, 5.74) is 0. The van der Waals surface area contributed by atoms with E-state index in [0.717, 1.165) is 19.3 Å². The Hall–Kier alpha value is -0.0400. The smallest absolute Gasteiger partial charge is 0.0566 e. The van der Waals surface area contributed by atoms with Gasteiger partial charge in [0.2, 0.25) is 0 Å². The Labute approximate surface area is 83.5 Å². The summed E-state index contributed by atoms with van der Waals surface area (Å²) in [6.45, 7) is 11.0. The van der Waals surface area contributed by atoms with E-state index in [-0.39, 0.29) is 6.10 Å². The van der Waals surface area contributed by atoms with Crippen LogP contribution in [-0.4, -0.2) is 11.2 Å². The van der Waals surface area contributed by atoms with Crippen molar-refractivity contribution in [2.24, 2.45) is 17.8 Å². The van der Waals surface area contributed by atoms with Gasteiger partial charge in [-0.05, 0) is 37.0 Å². The number of hydrogen-bond donors (Lipinski definition) is 1. The van der Waals surface area contributed by atoms with Gasteiger partial charge >= 0.3 is 0 Å². The van der Waals surface area contributed by atoms with Crippen molar-refractivity contribution in [2.75, 3.05) is 0 Å². The van der Waals surface area contributed by atoms with E-state index in [2.05, 4.69) is 34.6 Å². The number of aliphatic hydroxyl groups excluding tert-OH is 1. The minimum atomic E-state index is -0.0928. The molecule has 0 fully saturated rings. The quantitative estimate of drug-likeness (QED) is 0.673. The van der Waals surface area contributed by atoms with Crippen molar-refractivity contribution in [3.05, 3.63) is 0 Å². The fourth-order valence-corrected chi connectivity index (χ4v) is 1.69. The van der Waals surface area contributed by atoms with Gasteiger partial charge in [0.15, 0.2) is 0 Å². The van der Waals surface area contributed by atoms with Crippen LogP contribution in [-0.2, 0) is 0 Å². The SMILES string of the molecule is CC(C)CCC(O)C(C)CC(C)C. The summed E-state index contributed by atoms with van der Waals surface area (Å²) in [6.07, 6.45) is 3.15. The molecule has 13 heavy (non-hydrogen) atoms. The average molecular weight is 186 g/mol. The normalized spacial score (nSPS) is 16.6. The molecule has 2 atom stereocenters. The Kier molecular flexibility index (Phi) is 6.40. The minimum absolute atomic E-state index is 0.0928. The summed E-state index contributed by atoms with van der Waals surface area (Å²) in [7, 11) is 0. The summed E-state index contributed by atoms with van der Waals surface area (Å²) in [6, 6.07) is 0. The molecule has 1 heteroatoms. The van der Waals surface area contributed by atoms with Gasteiger partial charge in [0.05, 0.1) is 6.10 Å². The lowest BCUT2D eigenvalue weighted by atomic mass is 9.90. The van der Waals surface area contributed by atoms with Crippen molar-refractivity contribution in [1.82, 2.24) is 0 Å². The summed E-state index contributed by atoms with van der Waals surface area (Å²) < 4.78 is 0. The molecule has 0 aromatic carbocycles. The van der Waals surface area contributed by atoms with Crippen LogP contribution >= 0.6 is 0 Å². The topological polar surface area (TPSA) is 20.2 Å². The van der Waals surface area contributed by atoms with Crippen LogP contribution in [0.3, 0.4) is 0 Å². The highest BCUT2D eigenvalue weighted by molar-refractivity contribution is 4.66. The summed E-state index contributed by atoms with van der Waals surface area (Å²) >= 11 is 0. The van der Waals surface area contributed by atoms with Crippen LogP contribution in [0.2, 0.25) is 0 Å². The first-order valence-corrected chi connectivity index (χ1v) is 5.61. The Morgan fingerprint density at radius 3 is 1.77 bits per heavy atom. The molecule has 0 radical (unpaired) electrons. The highest BCUT2D eigenvalue weighted by Crippen LogP contribution is 2.19. The molecule has 0 aliphatic rings. The molecule has 0 aromatic heterocycles. The molecule has 80 valence electrons. The average Bonchev–Trinajstić information content (AvgIpc) is 1.98. The third-order valence-electron chi connectivity index (χ3n) is 2.54. The van der Waals surface area contributed by atoms with E-state index in [0.29, 0.717) is 17.8 Å². The molecule has 0 aromatic rings. The lowest BCUT2D eigenvalue weighted by Crippen LogP contribution is -2.19. The van der Waals surface area contributed by atoms with Crippen LogP contribution in [0.1, 0.15) is 53.9 Å². The Morgan fingerprint density at radius 2 is 1.38 bits per heavy atom. The number of hydrogen-bond acceptors (Lipinski definition) is 1. The zero-order valence-electron chi connectivity index (χ0n) is 9.88. The van der Waals surface area contributed by atoms with Crippen molar-refractivity contribution in [3.63, 3.8) is 0 Å². The Bertz CT molecular complexity index is 118. The molecule has 0 spiro atoms. The maximum atomic E-state index is 9.82. The second-order valence-corrected chi connectivity index (χ2v) is 5.15. The van der Waals surface area contributed by atoms with Gasteiger partial charge in [-0.1, -0.05) is 34.6 Å². The Balaban J connectivity index is 3.62.